The summed E-state index contributed by atoms with van der Waals surface area (Å²) in [5.74, 6) is 0.547. The average molecular weight is 769 g/mol. The first-order valence-corrected chi connectivity index (χ1v) is 15.7. The van der Waals surface area contributed by atoms with Gasteiger partial charge in [-0.2, -0.15) is 0 Å². The van der Waals surface area contributed by atoms with Crippen molar-refractivity contribution in [3.05, 3.63) is 89.8 Å². The van der Waals surface area contributed by atoms with Gasteiger partial charge in [-0.15, -0.1) is 29.1 Å². The molecule has 0 unspecified atom stereocenters. The molecule has 1 N–H and O–H groups in total. The zero-order valence-electron chi connectivity index (χ0n) is 27.4. The number of allylic oxidation sites excluding steroid dienone is 2. The minimum Gasteiger partial charge on any atom is -0.512 e. The normalized spacial score (nSPS) is 12.1. The number of pyridine rings is 1. The van der Waals surface area contributed by atoms with E-state index in [-0.39, 0.29) is 48.9 Å². The van der Waals surface area contributed by atoms with E-state index in [0.29, 0.717) is 0 Å². The van der Waals surface area contributed by atoms with E-state index >= 15 is 0 Å². The van der Waals surface area contributed by atoms with Crippen LogP contribution in [0.3, 0.4) is 0 Å². The molecule has 0 spiro atoms. The van der Waals surface area contributed by atoms with Crippen LogP contribution in [0.1, 0.15) is 85.3 Å². The predicted molar refractivity (Wildman–Crippen MR) is 181 cm³/mol. The summed E-state index contributed by atoms with van der Waals surface area (Å²) in [5, 5.41) is 14.3. The number of nitrogens with zero attached hydrogens (tertiary/aromatic N) is 1. The van der Waals surface area contributed by atoms with Crippen molar-refractivity contribution in [2.45, 2.75) is 86.5 Å². The van der Waals surface area contributed by atoms with Crippen LogP contribution < -0.4 is 0 Å². The molecule has 0 fully saturated rings. The van der Waals surface area contributed by atoms with Crippen molar-refractivity contribution in [2.75, 3.05) is 0 Å². The van der Waals surface area contributed by atoms with Crippen molar-refractivity contribution in [3.63, 3.8) is 0 Å². The maximum atomic E-state index is 11.7. The number of carbonyl (C=O) groups excluding carboxylic acids is 1. The first-order valence-electron chi connectivity index (χ1n) is 15.7. The SMILES string of the molecule is CCC(CC)C(=O)/C=C(\O)C(CC)CC.Cc1ccc2c(c1)oc1c(-c3[c-]c4ccccc4c(C(C)(C)C)c3)nccc12.[Ir]. The van der Waals surface area contributed by atoms with Gasteiger partial charge >= 0.3 is 0 Å². The van der Waals surface area contributed by atoms with Gasteiger partial charge in [-0.3, -0.25) is 9.78 Å². The smallest absolute Gasteiger partial charge is 0.162 e. The van der Waals surface area contributed by atoms with Gasteiger partial charge in [0.2, 0.25) is 0 Å². The Balaban J connectivity index is 0.000000286. The van der Waals surface area contributed by atoms with E-state index in [4.69, 9.17) is 9.40 Å². The molecular formula is C39H46IrNO3-. The van der Waals surface area contributed by atoms with E-state index in [0.717, 1.165) is 64.3 Å². The van der Waals surface area contributed by atoms with Gasteiger partial charge in [-0.05, 0) is 55.7 Å². The fourth-order valence-corrected chi connectivity index (χ4v) is 5.76. The Bertz CT molecular complexity index is 1750. The Hall–Kier alpha value is -3.27. The summed E-state index contributed by atoms with van der Waals surface area (Å²) in [7, 11) is 0. The molecule has 0 bridgehead atoms. The zero-order chi connectivity index (χ0) is 31.3. The van der Waals surface area contributed by atoms with Gasteiger partial charge in [-0.1, -0.05) is 89.7 Å². The molecule has 2 heterocycles. The molecule has 1 radical (unpaired) electrons. The van der Waals surface area contributed by atoms with Crippen LogP contribution in [0.15, 0.2) is 77.0 Å². The summed E-state index contributed by atoms with van der Waals surface area (Å²) in [6.45, 7) is 16.9. The third-order valence-electron chi connectivity index (χ3n) is 8.46. The van der Waals surface area contributed by atoms with Crippen LogP contribution in [-0.2, 0) is 30.3 Å². The van der Waals surface area contributed by atoms with Crippen molar-refractivity contribution < 1.29 is 34.4 Å². The number of aromatic nitrogens is 1. The number of aliphatic hydroxyl groups is 1. The summed E-state index contributed by atoms with van der Waals surface area (Å²) in [6.07, 6.45) is 6.77. The maximum Gasteiger partial charge on any atom is 0.162 e. The van der Waals surface area contributed by atoms with Gasteiger partial charge in [-0.25, -0.2) is 0 Å². The minimum atomic E-state index is 0. The quantitative estimate of drug-likeness (QED) is 0.0970. The Morgan fingerprint density at radius 3 is 2.20 bits per heavy atom. The van der Waals surface area contributed by atoms with Gasteiger partial charge in [0.15, 0.2) is 5.78 Å². The fraction of sp³-hybridized carbons (Fsp3) is 0.385. The Kier molecular flexibility index (Phi) is 12.1. The van der Waals surface area contributed by atoms with E-state index in [1.165, 1.54) is 22.6 Å². The van der Waals surface area contributed by atoms with Gasteiger partial charge in [0.1, 0.15) is 11.2 Å². The molecule has 0 atom stereocenters. The number of carbonyl (C=O) groups is 1. The van der Waals surface area contributed by atoms with Crippen molar-refractivity contribution in [1.82, 2.24) is 4.98 Å². The Labute approximate surface area is 276 Å². The molecule has 2 aromatic heterocycles. The van der Waals surface area contributed by atoms with Gasteiger partial charge in [0.25, 0.3) is 0 Å². The molecule has 5 heteroatoms. The summed E-state index contributed by atoms with van der Waals surface area (Å²) in [4.78, 5) is 16.4. The van der Waals surface area contributed by atoms with Crippen LogP contribution in [0.5, 0.6) is 0 Å². The van der Waals surface area contributed by atoms with Crippen LogP contribution in [0, 0.1) is 24.8 Å². The van der Waals surface area contributed by atoms with E-state index in [2.05, 4.69) is 82.3 Å². The van der Waals surface area contributed by atoms with Gasteiger partial charge in [0.05, 0.1) is 5.76 Å². The summed E-state index contributed by atoms with van der Waals surface area (Å²) in [6, 6.07) is 22.6. The molecule has 0 amide bonds. The third kappa shape index (κ3) is 7.68. The number of furan rings is 1. The van der Waals surface area contributed by atoms with Crippen LogP contribution in [0.4, 0.5) is 0 Å². The summed E-state index contributed by atoms with van der Waals surface area (Å²) < 4.78 is 6.27. The number of rotatable bonds is 8. The molecule has 0 aliphatic carbocycles. The average Bonchev–Trinajstić information content (AvgIpc) is 3.35. The van der Waals surface area contributed by atoms with Crippen LogP contribution in [0.2, 0.25) is 0 Å². The first-order chi connectivity index (χ1) is 20.5. The second kappa shape index (κ2) is 15.1. The third-order valence-corrected chi connectivity index (χ3v) is 8.46. The molecule has 5 aromatic rings. The van der Waals surface area contributed by atoms with Crippen LogP contribution in [0.25, 0.3) is 44.0 Å². The number of hydrogen-bond donors (Lipinski definition) is 1. The van der Waals surface area contributed by atoms with Gasteiger partial charge < -0.3 is 9.52 Å². The topological polar surface area (TPSA) is 63.3 Å². The minimum absolute atomic E-state index is 0. The number of aliphatic hydroxyl groups excluding tert-OH is 1. The van der Waals surface area contributed by atoms with Crippen LogP contribution >= 0.6 is 0 Å². The molecule has 5 rings (SSSR count). The molecule has 0 aliphatic rings. The molecule has 235 valence electrons. The predicted octanol–water partition coefficient (Wildman–Crippen LogP) is 11.1. The van der Waals surface area contributed by atoms with E-state index < -0.39 is 0 Å². The Morgan fingerprint density at radius 1 is 0.909 bits per heavy atom. The number of hydrogen-bond acceptors (Lipinski definition) is 4. The van der Waals surface area contributed by atoms with E-state index in [1.807, 2.05) is 40.0 Å². The molecule has 0 saturated carbocycles. The number of ketones is 1. The maximum absolute atomic E-state index is 11.7. The molecular weight excluding hydrogens is 723 g/mol. The summed E-state index contributed by atoms with van der Waals surface area (Å²) in [5.41, 5.74) is 6.06. The molecule has 0 aliphatic heterocycles. The number of aryl methyl sites for hydroxylation is 1. The molecule has 44 heavy (non-hydrogen) atoms. The van der Waals surface area contributed by atoms with Crippen molar-refractivity contribution >= 4 is 38.5 Å². The number of fused-ring (bicyclic) bond motifs is 4. The second-order valence-electron chi connectivity index (χ2n) is 12.5. The molecule has 4 nitrogen and oxygen atoms in total. The summed E-state index contributed by atoms with van der Waals surface area (Å²) >= 11 is 0. The molecule has 3 aromatic carbocycles. The Morgan fingerprint density at radius 2 is 1.57 bits per heavy atom. The molecule has 0 saturated heterocycles. The fourth-order valence-electron chi connectivity index (χ4n) is 5.76. The van der Waals surface area contributed by atoms with Crippen LogP contribution in [-0.4, -0.2) is 15.9 Å². The van der Waals surface area contributed by atoms with E-state index in [1.54, 1.807) is 0 Å². The van der Waals surface area contributed by atoms with Crippen molar-refractivity contribution in [1.29, 1.82) is 0 Å². The van der Waals surface area contributed by atoms with Crippen molar-refractivity contribution in [2.24, 2.45) is 11.8 Å². The monoisotopic (exact) mass is 769 g/mol. The van der Waals surface area contributed by atoms with E-state index in [9.17, 15) is 9.90 Å². The van der Waals surface area contributed by atoms with Crippen molar-refractivity contribution in [3.8, 4) is 11.3 Å². The standard InChI is InChI=1S/C26H22NO.C13H24O2.Ir/c1-16-9-10-20-21-11-12-27-24(25(21)28-23(20)13-16)18-14-17-7-5-6-8-19(17)22(15-18)26(2,3)4;1-5-10(6-2)12(14)9-13(15)11(7-3)8-4;/h5-13,15H,1-4H3;9-11,14H,5-8H2,1-4H3;/q-1;;/b;12-9-;. The zero-order valence-corrected chi connectivity index (χ0v) is 29.8. The second-order valence-corrected chi connectivity index (χ2v) is 12.5. The van der Waals surface area contributed by atoms with Gasteiger partial charge in [0, 0.05) is 60.7 Å². The largest absolute Gasteiger partial charge is 0.512 e. The first kappa shape index (κ1) is 35.2. The number of benzene rings is 3.